The summed E-state index contributed by atoms with van der Waals surface area (Å²) in [4.78, 5) is 42.5. The van der Waals surface area contributed by atoms with Gasteiger partial charge in [0.2, 0.25) is 17.3 Å². The number of benzene rings is 1. The third kappa shape index (κ3) is 4.17. The predicted molar refractivity (Wildman–Crippen MR) is 149 cm³/mol. The van der Waals surface area contributed by atoms with Gasteiger partial charge < -0.3 is 10.0 Å². The second-order valence-corrected chi connectivity index (χ2v) is 13.1. The number of hydrogen-bond acceptors (Lipinski definition) is 4. The number of carboxylic acids is 1. The molecule has 2 aromatic heterocycles. The van der Waals surface area contributed by atoms with Crippen LogP contribution in [0.25, 0.3) is 16.9 Å². The smallest absolute Gasteiger partial charge is 0.313 e. The molecule has 9 nitrogen and oxygen atoms in total. The molecular weight excluding hydrogens is 530 g/mol. The summed E-state index contributed by atoms with van der Waals surface area (Å²) in [5.41, 5.74) is 3.14. The average molecular weight is 565 g/mol. The standard InChI is InChI=1S/C30H34ClN5O4/c1-29(2,3)22-15-23(18-9-11-21(31)12-10-18)32-35-16-24-27(38)34-14-13-33(17-30(34,4)36(24)25(22)35)26(37)19-5-7-20(8-6-19)28(39)40/h9-12,15-16,19-20H,5-8,13-14,17H2,1-4H3/p+1. The van der Waals surface area contributed by atoms with E-state index in [0.29, 0.717) is 56.0 Å². The molecule has 40 heavy (non-hydrogen) atoms. The summed E-state index contributed by atoms with van der Waals surface area (Å²) in [6, 6.07) is 9.66. The molecular formula is C30H35ClN5O4+. The van der Waals surface area contributed by atoms with Gasteiger partial charge in [-0.05, 0) is 49.3 Å². The number of nitrogens with zero attached hydrogens (tertiary/aromatic N) is 5. The Morgan fingerprint density at radius 2 is 1.73 bits per heavy atom. The van der Waals surface area contributed by atoms with Crippen LogP contribution in [0.2, 0.25) is 5.02 Å². The van der Waals surface area contributed by atoms with Crippen molar-refractivity contribution in [1.29, 1.82) is 0 Å². The number of hydrogen-bond donors (Lipinski definition) is 1. The van der Waals surface area contributed by atoms with E-state index in [1.165, 1.54) is 0 Å². The first-order chi connectivity index (χ1) is 18.9. The highest BCUT2D eigenvalue weighted by atomic mass is 35.5. The molecule has 0 radical (unpaired) electrons. The van der Waals surface area contributed by atoms with Crippen LogP contribution in [0.4, 0.5) is 0 Å². The summed E-state index contributed by atoms with van der Waals surface area (Å²) in [6.07, 6.45) is 4.05. The minimum atomic E-state index is -0.775. The molecule has 3 aliphatic rings. The Bertz CT molecular complexity index is 1530. The summed E-state index contributed by atoms with van der Waals surface area (Å²) >= 11 is 6.12. The van der Waals surface area contributed by atoms with E-state index in [-0.39, 0.29) is 29.1 Å². The first-order valence-electron chi connectivity index (χ1n) is 14.0. The van der Waals surface area contributed by atoms with Crippen molar-refractivity contribution in [1.82, 2.24) is 19.4 Å². The molecule has 1 atom stereocenters. The third-order valence-corrected chi connectivity index (χ3v) is 9.20. The summed E-state index contributed by atoms with van der Waals surface area (Å²) in [7, 11) is 0. The number of aromatic nitrogens is 3. The van der Waals surface area contributed by atoms with Crippen molar-refractivity contribution in [2.45, 2.75) is 64.5 Å². The van der Waals surface area contributed by atoms with E-state index in [4.69, 9.17) is 16.7 Å². The van der Waals surface area contributed by atoms with Crippen LogP contribution in [0.15, 0.2) is 36.5 Å². The van der Waals surface area contributed by atoms with Crippen LogP contribution in [0, 0.1) is 11.8 Å². The Morgan fingerprint density at radius 3 is 2.35 bits per heavy atom. The zero-order valence-corrected chi connectivity index (χ0v) is 24.1. The van der Waals surface area contributed by atoms with Crippen molar-refractivity contribution in [3.63, 3.8) is 0 Å². The summed E-state index contributed by atoms with van der Waals surface area (Å²) < 4.78 is 3.89. The normalized spacial score (nSPS) is 24.8. The molecule has 2 fully saturated rings. The summed E-state index contributed by atoms with van der Waals surface area (Å²) in [6.45, 7) is 9.76. The number of amides is 2. The van der Waals surface area contributed by atoms with Gasteiger partial charge in [0, 0.05) is 36.5 Å². The van der Waals surface area contributed by atoms with E-state index in [1.54, 1.807) is 0 Å². The van der Waals surface area contributed by atoms with Gasteiger partial charge in [-0.2, -0.15) is 4.57 Å². The lowest BCUT2D eigenvalue weighted by Gasteiger charge is -2.44. The molecule has 0 bridgehead atoms. The summed E-state index contributed by atoms with van der Waals surface area (Å²) in [5, 5.41) is 14.9. The van der Waals surface area contributed by atoms with Crippen LogP contribution >= 0.6 is 11.6 Å². The van der Waals surface area contributed by atoms with Gasteiger partial charge in [-0.15, -0.1) is 0 Å². The molecule has 2 aliphatic heterocycles. The maximum atomic E-state index is 13.7. The number of carbonyl (C=O) groups is 3. The molecule has 3 aromatic rings. The number of carboxylic acid groups (broad SMARTS) is 1. The maximum Gasteiger partial charge on any atom is 0.313 e. The van der Waals surface area contributed by atoms with E-state index < -0.39 is 11.6 Å². The fraction of sp³-hybridized carbons (Fsp3) is 0.500. The zero-order chi connectivity index (χ0) is 28.6. The molecule has 10 heteroatoms. The van der Waals surface area contributed by atoms with Crippen LogP contribution in [0.5, 0.6) is 0 Å². The number of imidazole rings is 1. The SMILES string of the molecule is CC(C)(C)c1cc(-c2ccc(Cl)cc2)nn2cc3[n+](c12)C1(C)CN(C(=O)C2CCC(C(=O)O)CC2)CCN1C3=O. The first kappa shape index (κ1) is 26.7. The highest BCUT2D eigenvalue weighted by Gasteiger charge is 2.57. The molecule has 210 valence electrons. The molecule has 1 saturated heterocycles. The molecule has 4 heterocycles. The second-order valence-electron chi connectivity index (χ2n) is 12.6. The molecule has 1 saturated carbocycles. The van der Waals surface area contributed by atoms with Gasteiger partial charge in [-0.1, -0.05) is 54.1 Å². The zero-order valence-electron chi connectivity index (χ0n) is 23.4. The van der Waals surface area contributed by atoms with Crippen molar-refractivity contribution in [3.8, 4) is 11.3 Å². The van der Waals surface area contributed by atoms with E-state index in [0.717, 1.165) is 22.5 Å². The quantitative estimate of drug-likeness (QED) is 0.483. The van der Waals surface area contributed by atoms with Gasteiger partial charge in [-0.25, -0.2) is 0 Å². The Labute approximate surface area is 238 Å². The Hall–Kier alpha value is -3.46. The highest BCUT2D eigenvalue weighted by Crippen LogP contribution is 2.37. The lowest BCUT2D eigenvalue weighted by molar-refractivity contribution is -0.749. The van der Waals surface area contributed by atoms with E-state index >= 15 is 0 Å². The lowest BCUT2D eigenvalue weighted by atomic mass is 9.81. The van der Waals surface area contributed by atoms with Gasteiger partial charge in [0.1, 0.15) is 5.69 Å². The van der Waals surface area contributed by atoms with Gasteiger partial charge in [-0.3, -0.25) is 19.3 Å². The molecule has 1 unspecified atom stereocenters. The molecule has 2 amide bonds. The minimum Gasteiger partial charge on any atom is -0.481 e. The first-order valence-corrected chi connectivity index (χ1v) is 14.3. The number of fused-ring (bicyclic) bond motifs is 5. The van der Waals surface area contributed by atoms with Crippen molar-refractivity contribution in [2.24, 2.45) is 11.8 Å². The average Bonchev–Trinajstić information content (AvgIpc) is 3.40. The van der Waals surface area contributed by atoms with Gasteiger partial charge >= 0.3 is 17.5 Å². The Morgan fingerprint density at radius 1 is 1.07 bits per heavy atom. The molecule has 1 aromatic carbocycles. The van der Waals surface area contributed by atoms with Gasteiger partial charge in [0.05, 0.1) is 18.0 Å². The lowest BCUT2D eigenvalue weighted by Crippen LogP contribution is -2.69. The fourth-order valence-electron chi connectivity index (χ4n) is 6.74. The number of rotatable bonds is 3. The van der Waals surface area contributed by atoms with Crippen LogP contribution < -0.4 is 4.57 Å². The largest absolute Gasteiger partial charge is 0.481 e. The maximum absolute atomic E-state index is 13.7. The van der Waals surface area contributed by atoms with Crippen molar-refractivity contribution in [3.05, 3.63) is 52.8 Å². The number of piperazine rings is 1. The van der Waals surface area contributed by atoms with Crippen molar-refractivity contribution < 1.29 is 24.1 Å². The second kappa shape index (κ2) is 9.29. The summed E-state index contributed by atoms with van der Waals surface area (Å²) in [5.74, 6) is -1.31. The minimum absolute atomic E-state index is 0.0602. The van der Waals surface area contributed by atoms with E-state index in [9.17, 15) is 19.5 Å². The van der Waals surface area contributed by atoms with E-state index in [2.05, 4.69) is 31.4 Å². The monoisotopic (exact) mass is 564 g/mol. The topological polar surface area (TPSA) is 99.1 Å². The number of carbonyl (C=O) groups excluding carboxylic acids is 2. The van der Waals surface area contributed by atoms with Gasteiger partial charge in [0.25, 0.3) is 0 Å². The predicted octanol–water partition coefficient (Wildman–Crippen LogP) is 4.10. The molecule has 6 rings (SSSR count). The van der Waals surface area contributed by atoms with Crippen LogP contribution in [0.1, 0.15) is 69.4 Å². The number of aliphatic carboxylic acids is 1. The van der Waals surface area contributed by atoms with Crippen molar-refractivity contribution in [2.75, 3.05) is 19.6 Å². The molecule has 1 aliphatic carbocycles. The third-order valence-electron chi connectivity index (χ3n) is 8.95. The molecule has 1 N–H and O–H groups in total. The fourth-order valence-corrected chi connectivity index (χ4v) is 6.87. The number of halogens is 1. The van der Waals surface area contributed by atoms with E-state index in [1.807, 2.05) is 51.7 Å². The highest BCUT2D eigenvalue weighted by molar-refractivity contribution is 6.30. The Kier molecular flexibility index (Phi) is 6.22. The van der Waals surface area contributed by atoms with Gasteiger partial charge in [0.15, 0.2) is 6.20 Å². The van der Waals surface area contributed by atoms with Crippen molar-refractivity contribution >= 4 is 35.0 Å². The molecule has 0 spiro atoms. The Balaban J connectivity index is 1.40. The van der Waals surface area contributed by atoms with Crippen LogP contribution in [0.3, 0.4) is 0 Å². The van der Waals surface area contributed by atoms with Crippen LogP contribution in [-0.2, 0) is 20.7 Å². The van der Waals surface area contributed by atoms with Crippen LogP contribution in [-0.4, -0.2) is 61.9 Å².